The lowest BCUT2D eigenvalue weighted by Gasteiger charge is -2.39. The highest BCUT2D eigenvalue weighted by Gasteiger charge is 2.51. The van der Waals surface area contributed by atoms with Crippen molar-refractivity contribution in [3.05, 3.63) is 93.0 Å². The molecule has 5 heterocycles. The van der Waals surface area contributed by atoms with Gasteiger partial charge < -0.3 is 19.5 Å². The van der Waals surface area contributed by atoms with Crippen molar-refractivity contribution in [1.29, 1.82) is 10.5 Å². The molecule has 5 atom stereocenters. The summed E-state index contributed by atoms with van der Waals surface area (Å²) in [7, 11) is 0. The van der Waals surface area contributed by atoms with Crippen molar-refractivity contribution in [1.82, 2.24) is 19.8 Å². The molecule has 0 spiro atoms. The minimum Gasteiger partial charge on any atom is -0.487 e. The molecule has 3 aliphatic heterocycles. The summed E-state index contributed by atoms with van der Waals surface area (Å²) in [6.45, 7) is 3.21. The second kappa shape index (κ2) is 12.8. The van der Waals surface area contributed by atoms with Crippen LogP contribution in [0.25, 0.3) is 32.9 Å². The van der Waals surface area contributed by atoms with Gasteiger partial charge in [0.05, 0.1) is 45.8 Å². The van der Waals surface area contributed by atoms with E-state index in [0.717, 1.165) is 42.4 Å². The van der Waals surface area contributed by atoms with Crippen LogP contribution in [0, 0.1) is 47.2 Å². The zero-order valence-electron chi connectivity index (χ0n) is 28.5. The summed E-state index contributed by atoms with van der Waals surface area (Å²) in [4.78, 5) is 20.9. The predicted molar refractivity (Wildman–Crippen MR) is 198 cm³/mol. The van der Waals surface area contributed by atoms with Gasteiger partial charge in [-0.3, -0.25) is 4.79 Å². The third-order valence-electron chi connectivity index (χ3n) is 11.5. The van der Waals surface area contributed by atoms with E-state index in [4.69, 9.17) is 32.9 Å². The number of para-hydroxylation sites is 1. The van der Waals surface area contributed by atoms with Gasteiger partial charge in [0.1, 0.15) is 23.4 Å². The standard InChI is InChI=1S/C41H35Cl2FN6O2/c1-21-28-17-33(32-16-26(20-49(32)41(51)22-11-12-22)52-34-10-3-2-6-24(34)18-46)50(39-25-15-31(39)47-19-25)40(28)29-14-23(7-5-13-45)35(37(44)38(29)48-21)27-8-4-9-30(42)36(27)43/h2-4,6,8-10,14,17,22,25-26,31-32,39,47H,5,7,11-12,15-16,19-20H2,1H3/t25-,26+,31-,32-,39+/m1/s1. The smallest absolute Gasteiger partial charge is 0.226 e. The molecule has 52 heavy (non-hydrogen) atoms. The highest BCUT2D eigenvalue weighted by molar-refractivity contribution is 6.43. The number of aromatic nitrogens is 2. The van der Waals surface area contributed by atoms with Gasteiger partial charge in [0.15, 0.2) is 5.82 Å². The number of carbonyl (C=O) groups is 1. The number of amides is 1. The Kier molecular flexibility index (Phi) is 8.15. The Morgan fingerprint density at radius 1 is 1.10 bits per heavy atom. The fourth-order valence-electron chi connectivity index (χ4n) is 8.91. The number of hydrogen-bond donors (Lipinski definition) is 1. The number of nitriles is 2. The molecule has 5 aromatic rings. The van der Waals surface area contributed by atoms with Crippen LogP contribution < -0.4 is 10.1 Å². The van der Waals surface area contributed by atoms with Crippen molar-refractivity contribution in [2.75, 3.05) is 13.1 Å². The Balaban J connectivity index is 1.26. The summed E-state index contributed by atoms with van der Waals surface area (Å²) in [6.07, 6.45) is 3.55. The van der Waals surface area contributed by atoms with Crippen molar-refractivity contribution < 1.29 is 13.9 Å². The minimum absolute atomic E-state index is 0.00443. The van der Waals surface area contributed by atoms with Crippen LogP contribution in [0.5, 0.6) is 5.75 Å². The maximum absolute atomic E-state index is 17.2. The zero-order chi connectivity index (χ0) is 35.8. The van der Waals surface area contributed by atoms with Crippen molar-refractivity contribution in [2.24, 2.45) is 11.8 Å². The van der Waals surface area contributed by atoms with E-state index in [1.54, 1.807) is 30.3 Å². The van der Waals surface area contributed by atoms with Crippen LogP contribution in [0.4, 0.5) is 4.39 Å². The number of aryl methyl sites for hydroxylation is 2. The van der Waals surface area contributed by atoms with Gasteiger partial charge in [0.2, 0.25) is 5.91 Å². The first kappa shape index (κ1) is 33.2. The van der Waals surface area contributed by atoms with Gasteiger partial charge >= 0.3 is 0 Å². The summed E-state index contributed by atoms with van der Waals surface area (Å²) >= 11 is 13.1. The topological polar surface area (TPSA) is 107 Å². The van der Waals surface area contributed by atoms with Crippen LogP contribution in [-0.4, -0.2) is 45.6 Å². The first-order valence-corrected chi connectivity index (χ1v) is 18.7. The number of rotatable bonds is 8. The second-order valence-electron chi connectivity index (χ2n) is 14.6. The molecule has 2 aliphatic carbocycles. The summed E-state index contributed by atoms with van der Waals surface area (Å²) in [6, 6.07) is 21.0. The first-order chi connectivity index (χ1) is 25.3. The largest absolute Gasteiger partial charge is 0.487 e. The summed E-state index contributed by atoms with van der Waals surface area (Å²) in [5, 5.41) is 25.2. The number of likely N-dealkylation sites (tertiary alicyclic amines) is 1. The Bertz CT molecular complexity index is 2380. The number of nitrogens with one attached hydrogen (secondary N) is 1. The molecule has 2 aromatic heterocycles. The monoisotopic (exact) mass is 732 g/mol. The molecule has 2 saturated carbocycles. The van der Waals surface area contributed by atoms with E-state index < -0.39 is 5.82 Å². The summed E-state index contributed by atoms with van der Waals surface area (Å²) < 4.78 is 26.1. The molecule has 5 fully saturated rings. The number of benzene rings is 3. The van der Waals surface area contributed by atoms with Gasteiger partial charge in [-0.05, 0) is 74.4 Å². The fraction of sp³-hybridized carbons (Fsp3) is 0.366. The Labute approximate surface area is 310 Å². The maximum atomic E-state index is 17.2. The van der Waals surface area contributed by atoms with Crippen LogP contribution in [0.15, 0.2) is 54.6 Å². The Morgan fingerprint density at radius 2 is 1.92 bits per heavy atom. The summed E-state index contributed by atoms with van der Waals surface area (Å²) in [5.74, 6) is 0.533. The predicted octanol–water partition coefficient (Wildman–Crippen LogP) is 8.60. The van der Waals surface area contributed by atoms with Gasteiger partial charge in [-0.1, -0.05) is 47.5 Å². The fourth-order valence-corrected chi connectivity index (χ4v) is 9.31. The van der Waals surface area contributed by atoms with Crippen LogP contribution in [-0.2, 0) is 11.2 Å². The van der Waals surface area contributed by atoms with E-state index in [9.17, 15) is 15.3 Å². The second-order valence-corrected chi connectivity index (χ2v) is 15.4. The van der Waals surface area contributed by atoms with Gasteiger partial charge in [0, 0.05) is 64.6 Å². The molecule has 5 aliphatic rings. The zero-order valence-corrected chi connectivity index (χ0v) is 30.0. The Morgan fingerprint density at radius 3 is 2.65 bits per heavy atom. The van der Waals surface area contributed by atoms with E-state index in [1.807, 2.05) is 30.0 Å². The van der Waals surface area contributed by atoms with Gasteiger partial charge in [-0.25, -0.2) is 9.37 Å². The lowest BCUT2D eigenvalue weighted by molar-refractivity contribution is -0.133. The van der Waals surface area contributed by atoms with E-state index in [1.165, 1.54) is 0 Å². The molecule has 1 amide bonds. The van der Waals surface area contributed by atoms with Crippen LogP contribution in [0.1, 0.15) is 66.7 Å². The first-order valence-electron chi connectivity index (χ1n) is 17.9. The van der Waals surface area contributed by atoms with Crippen LogP contribution in [0.3, 0.4) is 0 Å². The molecule has 10 rings (SSSR count). The van der Waals surface area contributed by atoms with E-state index in [2.05, 4.69) is 28.1 Å². The van der Waals surface area contributed by atoms with Gasteiger partial charge in [-0.15, -0.1) is 0 Å². The molecular weight excluding hydrogens is 698 g/mol. The molecule has 0 unspecified atom stereocenters. The number of carbonyl (C=O) groups excluding carboxylic acids is 1. The summed E-state index contributed by atoms with van der Waals surface area (Å²) in [5.41, 5.74) is 4.67. The molecule has 11 heteroatoms. The van der Waals surface area contributed by atoms with E-state index >= 15 is 4.39 Å². The SMILES string of the molecule is Cc1nc2c(F)c(-c3cccc(Cl)c3Cl)c(CCC#N)cc2c2c1cc([C@H]1C[C@H](Oc3ccccc3C#N)CN1C(=O)C1CC1)n2[C@H]1[C@H]2CN[C@@H]1C2. The molecule has 3 aromatic carbocycles. The van der Waals surface area contributed by atoms with Gasteiger partial charge in [-0.2, -0.15) is 10.5 Å². The highest BCUT2D eigenvalue weighted by atomic mass is 35.5. The number of nitrogens with zero attached hydrogens (tertiary/aromatic N) is 5. The van der Waals surface area contributed by atoms with Crippen molar-refractivity contribution in [2.45, 2.75) is 69.7 Å². The third-order valence-corrected chi connectivity index (χ3v) is 12.4. The van der Waals surface area contributed by atoms with Gasteiger partial charge in [0.25, 0.3) is 0 Å². The third kappa shape index (κ3) is 5.24. The molecule has 3 saturated heterocycles. The molecular formula is C41H35Cl2FN6O2. The lowest BCUT2D eigenvalue weighted by Crippen LogP contribution is -2.41. The highest BCUT2D eigenvalue weighted by Crippen LogP contribution is 2.51. The number of ether oxygens (including phenoxy) is 1. The average Bonchev–Trinajstić information content (AvgIpc) is 3.43. The number of hydrogen-bond acceptors (Lipinski definition) is 6. The average molecular weight is 734 g/mol. The van der Waals surface area contributed by atoms with E-state index in [-0.39, 0.29) is 53.0 Å². The van der Waals surface area contributed by atoms with E-state index in [0.29, 0.717) is 69.4 Å². The molecule has 1 N–H and O–H groups in total. The van der Waals surface area contributed by atoms with Crippen LogP contribution in [0.2, 0.25) is 10.0 Å². The Hall–Kier alpha value is -4.67. The molecule has 262 valence electrons. The minimum atomic E-state index is -0.500. The van der Waals surface area contributed by atoms with Crippen molar-refractivity contribution >= 4 is 50.9 Å². The lowest BCUT2D eigenvalue weighted by atomic mass is 9.79. The number of halogens is 3. The van der Waals surface area contributed by atoms with Crippen molar-refractivity contribution in [3.8, 4) is 29.0 Å². The van der Waals surface area contributed by atoms with Crippen LogP contribution >= 0.6 is 23.2 Å². The number of fused-ring (bicyclic) bond motifs is 4. The number of pyridine rings is 1. The van der Waals surface area contributed by atoms with Crippen molar-refractivity contribution in [3.63, 3.8) is 0 Å². The maximum Gasteiger partial charge on any atom is 0.226 e. The molecule has 0 radical (unpaired) electrons. The quantitative estimate of drug-likeness (QED) is 0.171. The normalized spacial score (nSPS) is 23.5. The molecule has 2 bridgehead atoms. The molecule has 8 nitrogen and oxygen atoms in total.